The van der Waals surface area contributed by atoms with Crippen molar-refractivity contribution in [3.8, 4) is 0 Å². The summed E-state index contributed by atoms with van der Waals surface area (Å²) in [5.74, 6) is -0.619. The first-order valence-corrected chi connectivity index (χ1v) is 5.25. The molecule has 2 N–H and O–H groups in total. The van der Waals surface area contributed by atoms with Gasteiger partial charge in [-0.2, -0.15) is 0 Å². The Hall–Kier alpha value is -2.15. The average molecular weight is 270 g/mol. The highest BCUT2D eigenvalue weighted by molar-refractivity contribution is 6.05. The minimum Gasteiger partial charge on any atom is -0.366 e. The molecule has 7 heteroatoms. The molecular formula is C12H9F3N2O2. The first kappa shape index (κ1) is 13.3. The Morgan fingerprint density at radius 2 is 2.05 bits per heavy atom. The van der Waals surface area contributed by atoms with Crippen LogP contribution < -0.4 is 5.73 Å². The molecule has 1 heterocycles. The highest BCUT2D eigenvalue weighted by atomic mass is 19.4. The van der Waals surface area contributed by atoms with Crippen LogP contribution in [-0.4, -0.2) is 17.3 Å². The van der Waals surface area contributed by atoms with Gasteiger partial charge in [0.05, 0.1) is 17.7 Å². The summed E-state index contributed by atoms with van der Waals surface area (Å²) in [5.41, 5.74) is 6.16. The molecule has 0 radical (unpaired) electrons. The molecule has 1 aromatic heterocycles. The van der Waals surface area contributed by atoms with Gasteiger partial charge < -0.3 is 5.73 Å². The lowest BCUT2D eigenvalue weighted by Crippen LogP contribution is -2.13. The summed E-state index contributed by atoms with van der Waals surface area (Å²) >= 11 is 0. The second kappa shape index (κ2) is 4.85. The van der Waals surface area contributed by atoms with E-state index in [0.717, 1.165) is 0 Å². The Kier molecular flexibility index (Phi) is 3.39. The number of primary amides is 1. The van der Waals surface area contributed by atoms with Crippen molar-refractivity contribution in [1.82, 2.24) is 4.98 Å². The van der Waals surface area contributed by atoms with Crippen LogP contribution in [0, 0.1) is 0 Å². The van der Waals surface area contributed by atoms with Gasteiger partial charge in [0.1, 0.15) is 0 Å². The summed E-state index contributed by atoms with van der Waals surface area (Å²) in [6, 6.07) is 5.81. The number of ether oxygens (including phenoxy) is 1. The molecule has 4 nitrogen and oxygen atoms in total. The zero-order valence-corrected chi connectivity index (χ0v) is 9.57. The standard InChI is InChI=1S/C12H9F3N2O2/c13-12(14,15)19-6-7-1-2-8-9(11(16)18)3-4-17-10(8)5-7/h1-5H,6H2,(H2,16,18). The van der Waals surface area contributed by atoms with Gasteiger partial charge in [0.25, 0.3) is 0 Å². The lowest BCUT2D eigenvalue weighted by molar-refractivity contribution is -0.330. The number of fused-ring (bicyclic) bond motifs is 1. The van der Waals surface area contributed by atoms with Gasteiger partial charge in [0.15, 0.2) is 0 Å². The molecule has 0 aliphatic carbocycles. The molecule has 100 valence electrons. The number of hydrogen-bond donors (Lipinski definition) is 1. The van der Waals surface area contributed by atoms with E-state index in [2.05, 4.69) is 9.72 Å². The fraction of sp³-hybridized carbons (Fsp3) is 0.167. The highest BCUT2D eigenvalue weighted by Gasteiger charge is 2.28. The van der Waals surface area contributed by atoms with Gasteiger partial charge in [0, 0.05) is 11.6 Å². The normalized spacial score (nSPS) is 11.7. The van der Waals surface area contributed by atoms with Crippen LogP contribution in [0.25, 0.3) is 10.9 Å². The van der Waals surface area contributed by atoms with Crippen molar-refractivity contribution in [3.63, 3.8) is 0 Å². The van der Waals surface area contributed by atoms with Crippen molar-refractivity contribution in [2.75, 3.05) is 0 Å². The number of pyridine rings is 1. The fourth-order valence-electron chi connectivity index (χ4n) is 1.66. The number of halogens is 3. The quantitative estimate of drug-likeness (QED) is 0.931. The number of carbonyl (C=O) groups is 1. The summed E-state index contributed by atoms with van der Waals surface area (Å²) in [6.07, 6.45) is -3.31. The van der Waals surface area contributed by atoms with E-state index >= 15 is 0 Å². The molecule has 0 saturated heterocycles. The van der Waals surface area contributed by atoms with E-state index < -0.39 is 18.9 Å². The Morgan fingerprint density at radius 1 is 1.32 bits per heavy atom. The van der Waals surface area contributed by atoms with Crippen LogP contribution in [0.4, 0.5) is 13.2 Å². The molecule has 2 rings (SSSR count). The second-order valence-electron chi connectivity index (χ2n) is 3.81. The Labute approximate surface area is 106 Å². The summed E-state index contributed by atoms with van der Waals surface area (Å²) in [7, 11) is 0. The summed E-state index contributed by atoms with van der Waals surface area (Å²) < 4.78 is 39.5. The van der Waals surface area contributed by atoms with Gasteiger partial charge in [-0.3, -0.25) is 14.5 Å². The first-order valence-electron chi connectivity index (χ1n) is 5.25. The largest absolute Gasteiger partial charge is 0.522 e. The van der Waals surface area contributed by atoms with E-state index in [1.807, 2.05) is 0 Å². The van der Waals surface area contributed by atoms with Crippen molar-refractivity contribution >= 4 is 16.8 Å². The number of nitrogens with zero attached hydrogens (tertiary/aromatic N) is 1. The lowest BCUT2D eigenvalue weighted by atomic mass is 10.1. The SMILES string of the molecule is NC(=O)c1ccnc2cc(COC(F)(F)F)ccc12. The van der Waals surface area contributed by atoms with Gasteiger partial charge in [-0.15, -0.1) is 13.2 Å². The maximum absolute atomic E-state index is 11.9. The number of alkyl halides is 3. The van der Waals surface area contributed by atoms with Crippen LogP contribution in [0.1, 0.15) is 15.9 Å². The van der Waals surface area contributed by atoms with Crippen LogP contribution in [0.15, 0.2) is 30.5 Å². The van der Waals surface area contributed by atoms with Crippen molar-refractivity contribution in [3.05, 3.63) is 41.6 Å². The maximum Gasteiger partial charge on any atom is 0.522 e. The Bertz CT molecular complexity index is 626. The molecule has 0 bridgehead atoms. The highest BCUT2D eigenvalue weighted by Crippen LogP contribution is 2.22. The molecular weight excluding hydrogens is 261 g/mol. The van der Waals surface area contributed by atoms with E-state index in [1.54, 1.807) is 0 Å². The minimum absolute atomic E-state index is 0.272. The van der Waals surface area contributed by atoms with Crippen molar-refractivity contribution in [2.45, 2.75) is 13.0 Å². The van der Waals surface area contributed by atoms with E-state index in [0.29, 0.717) is 16.5 Å². The zero-order chi connectivity index (χ0) is 14.0. The molecule has 0 aliphatic heterocycles. The van der Waals surface area contributed by atoms with Crippen LogP contribution >= 0.6 is 0 Å². The zero-order valence-electron chi connectivity index (χ0n) is 9.57. The third-order valence-corrected chi connectivity index (χ3v) is 2.48. The van der Waals surface area contributed by atoms with Gasteiger partial charge in [-0.1, -0.05) is 12.1 Å². The van der Waals surface area contributed by atoms with Gasteiger partial charge in [-0.25, -0.2) is 0 Å². The summed E-state index contributed by atoms with van der Waals surface area (Å²) in [5, 5.41) is 0.491. The third kappa shape index (κ3) is 3.19. The van der Waals surface area contributed by atoms with Gasteiger partial charge >= 0.3 is 6.36 Å². The molecule has 0 spiro atoms. The predicted molar refractivity (Wildman–Crippen MR) is 61.1 cm³/mol. The first-order chi connectivity index (χ1) is 8.87. The number of hydrogen-bond acceptors (Lipinski definition) is 3. The van der Waals surface area contributed by atoms with Crippen LogP contribution in [0.5, 0.6) is 0 Å². The van der Waals surface area contributed by atoms with Gasteiger partial charge in [0.2, 0.25) is 5.91 Å². The van der Waals surface area contributed by atoms with E-state index in [-0.39, 0.29) is 5.56 Å². The average Bonchev–Trinajstić information content (AvgIpc) is 2.34. The van der Waals surface area contributed by atoms with Crippen molar-refractivity contribution in [2.24, 2.45) is 5.73 Å². The minimum atomic E-state index is -4.68. The molecule has 1 amide bonds. The third-order valence-electron chi connectivity index (χ3n) is 2.48. The van der Waals surface area contributed by atoms with Crippen LogP contribution in [0.3, 0.4) is 0 Å². The summed E-state index contributed by atoms with van der Waals surface area (Å²) in [4.78, 5) is 15.2. The van der Waals surface area contributed by atoms with E-state index in [9.17, 15) is 18.0 Å². The topological polar surface area (TPSA) is 65.2 Å². The number of amides is 1. The fourth-order valence-corrected chi connectivity index (χ4v) is 1.66. The molecule has 19 heavy (non-hydrogen) atoms. The molecule has 0 saturated carbocycles. The smallest absolute Gasteiger partial charge is 0.366 e. The number of aromatic nitrogens is 1. The van der Waals surface area contributed by atoms with Crippen molar-refractivity contribution < 1.29 is 22.7 Å². The second-order valence-corrected chi connectivity index (χ2v) is 3.81. The van der Waals surface area contributed by atoms with E-state index in [1.165, 1.54) is 30.5 Å². The molecule has 0 fully saturated rings. The Morgan fingerprint density at radius 3 is 2.68 bits per heavy atom. The van der Waals surface area contributed by atoms with Gasteiger partial charge in [-0.05, 0) is 17.7 Å². The number of carbonyl (C=O) groups excluding carboxylic acids is 1. The molecule has 2 aromatic rings. The number of nitrogens with two attached hydrogens (primary N) is 1. The Balaban J connectivity index is 2.34. The summed E-state index contributed by atoms with van der Waals surface area (Å²) in [6.45, 7) is -0.609. The predicted octanol–water partition coefficient (Wildman–Crippen LogP) is 2.37. The van der Waals surface area contributed by atoms with Crippen molar-refractivity contribution in [1.29, 1.82) is 0 Å². The number of rotatable bonds is 3. The molecule has 1 aromatic carbocycles. The van der Waals surface area contributed by atoms with E-state index in [4.69, 9.17) is 5.73 Å². The monoisotopic (exact) mass is 270 g/mol. The van der Waals surface area contributed by atoms with Crippen LogP contribution in [-0.2, 0) is 11.3 Å². The molecule has 0 unspecified atom stereocenters. The van der Waals surface area contributed by atoms with Crippen LogP contribution in [0.2, 0.25) is 0 Å². The lowest BCUT2D eigenvalue weighted by Gasteiger charge is -2.08. The molecule has 0 atom stereocenters. The molecule has 0 aliphatic rings. The number of benzene rings is 1. The maximum atomic E-state index is 11.9.